The van der Waals surface area contributed by atoms with Gasteiger partial charge in [0.2, 0.25) is 5.91 Å². The molecule has 42 heavy (non-hydrogen) atoms. The fourth-order valence-electron chi connectivity index (χ4n) is 5.97. The van der Waals surface area contributed by atoms with Crippen molar-refractivity contribution < 1.29 is 59.1 Å². The predicted molar refractivity (Wildman–Crippen MR) is 145 cm³/mol. The summed E-state index contributed by atoms with van der Waals surface area (Å²) in [5, 5.41) is 66.2. The highest BCUT2D eigenvalue weighted by Crippen LogP contribution is 2.34. The molecule has 246 valence electrons. The van der Waals surface area contributed by atoms with E-state index in [1.165, 1.54) is 6.92 Å². The van der Waals surface area contributed by atoms with E-state index in [-0.39, 0.29) is 12.6 Å². The van der Waals surface area contributed by atoms with Crippen LogP contribution in [-0.4, -0.2) is 167 Å². The number of nitrogens with zero attached hydrogens (tertiary/aromatic N) is 1. The summed E-state index contributed by atoms with van der Waals surface area (Å²) >= 11 is 0. The van der Waals surface area contributed by atoms with E-state index in [1.54, 1.807) is 32.7 Å². The Labute approximate surface area is 245 Å². The van der Waals surface area contributed by atoms with Gasteiger partial charge in [0.05, 0.1) is 50.2 Å². The molecule has 7 unspecified atom stereocenters. The molecule has 1 amide bonds. The van der Waals surface area contributed by atoms with Gasteiger partial charge in [0.1, 0.15) is 42.7 Å². The largest absolute Gasteiger partial charge is 0.394 e. The van der Waals surface area contributed by atoms with E-state index in [9.17, 15) is 35.4 Å². The fraction of sp³-hybridized carbons (Fsp3) is 0.962. The van der Waals surface area contributed by atoms with Crippen molar-refractivity contribution in [1.82, 2.24) is 10.2 Å². The number of hydrogen-bond acceptors (Lipinski definition) is 15. The highest BCUT2D eigenvalue weighted by molar-refractivity contribution is 5.73. The Morgan fingerprint density at radius 2 is 1.43 bits per heavy atom. The molecule has 0 aromatic rings. The number of aliphatic hydroxyl groups is 6. The molecule has 16 atom stereocenters. The van der Waals surface area contributed by atoms with Crippen LogP contribution in [0.1, 0.15) is 27.7 Å². The first-order valence-electron chi connectivity index (χ1n) is 14.4. The van der Waals surface area contributed by atoms with Crippen LogP contribution < -0.4 is 16.8 Å². The maximum Gasteiger partial charge on any atom is 0.217 e. The Morgan fingerprint density at radius 1 is 0.905 bits per heavy atom. The van der Waals surface area contributed by atoms with Crippen LogP contribution in [0.4, 0.5) is 0 Å². The van der Waals surface area contributed by atoms with Crippen molar-refractivity contribution in [2.45, 2.75) is 119 Å². The number of aliphatic hydroxyl groups excluding tert-OH is 6. The first-order valence-corrected chi connectivity index (χ1v) is 14.4. The summed E-state index contributed by atoms with van der Waals surface area (Å²) in [4.78, 5) is 13.6. The molecule has 3 aliphatic rings. The van der Waals surface area contributed by atoms with Crippen LogP contribution in [0.5, 0.6) is 0 Å². The fourth-order valence-corrected chi connectivity index (χ4v) is 5.97. The summed E-state index contributed by atoms with van der Waals surface area (Å²) in [6.45, 7) is 5.04. The van der Waals surface area contributed by atoms with Gasteiger partial charge in [-0.2, -0.15) is 0 Å². The number of nitrogens with two attached hydrogens (primary N) is 2. The van der Waals surface area contributed by atoms with E-state index >= 15 is 0 Å². The standard InChI is InChI=1S/C26H50N4O12/c1-10(27)6-30(5)19-22(37)24(41-25-18(29-13(4)34)20(35)11(2)14(7-31)39-25)16(9-33)40-26(19)42-23-15(8-32)38-12(3)17(28)21(23)36/h10-12,14-26,31-33,35-37H,6-9,27-28H2,1-5H3,(H,29,34)/t10?,11-,12-,14?,15?,16?,17?,18?,19?,20-,21+,22+,23+,24+,25-,26-/m0/s1. The van der Waals surface area contributed by atoms with Gasteiger partial charge in [-0.3, -0.25) is 9.69 Å². The first kappa shape index (κ1) is 35.4. The van der Waals surface area contributed by atoms with Gasteiger partial charge >= 0.3 is 0 Å². The van der Waals surface area contributed by atoms with Gasteiger partial charge in [-0.05, 0) is 20.9 Å². The average Bonchev–Trinajstić information content (AvgIpc) is 2.93. The van der Waals surface area contributed by atoms with Gasteiger partial charge < -0.3 is 71.1 Å². The van der Waals surface area contributed by atoms with Crippen molar-refractivity contribution in [2.75, 3.05) is 33.4 Å². The monoisotopic (exact) mass is 610 g/mol. The Balaban J connectivity index is 1.93. The van der Waals surface area contributed by atoms with Crippen LogP contribution >= 0.6 is 0 Å². The lowest BCUT2D eigenvalue weighted by molar-refractivity contribution is -0.351. The summed E-state index contributed by atoms with van der Waals surface area (Å²) in [5.74, 6) is -1.03. The summed E-state index contributed by atoms with van der Waals surface area (Å²) in [5.41, 5.74) is 12.1. The van der Waals surface area contributed by atoms with Crippen LogP contribution in [0.2, 0.25) is 0 Å². The molecule has 3 saturated heterocycles. The number of carbonyl (C=O) groups excluding carboxylic acids is 1. The number of nitrogens with one attached hydrogen (secondary N) is 1. The van der Waals surface area contributed by atoms with Crippen LogP contribution in [-0.2, 0) is 28.5 Å². The molecule has 3 fully saturated rings. The van der Waals surface area contributed by atoms with Gasteiger partial charge in [-0.15, -0.1) is 0 Å². The molecule has 0 saturated carbocycles. The van der Waals surface area contributed by atoms with Gasteiger partial charge in [0, 0.05) is 25.4 Å². The van der Waals surface area contributed by atoms with E-state index in [0.717, 1.165) is 0 Å². The minimum Gasteiger partial charge on any atom is -0.394 e. The van der Waals surface area contributed by atoms with Crippen molar-refractivity contribution in [3.8, 4) is 0 Å². The lowest BCUT2D eigenvalue weighted by Gasteiger charge is -2.51. The van der Waals surface area contributed by atoms with Crippen LogP contribution in [0.25, 0.3) is 0 Å². The van der Waals surface area contributed by atoms with Crippen molar-refractivity contribution in [3.63, 3.8) is 0 Å². The van der Waals surface area contributed by atoms with E-state index in [0.29, 0.717) is 0 Å². The van der Waals surface area contributed by atoms with E-state index in [4.69, 9.17) is 35.2 Å². The highest BCUT2D eigenvalue weighted by Gasteiger charge is 2.54. The molecule has 0 aliphatic carbocycles. The number of ether oxygens (including phenoxy) is 5. The Hall–Kier alpha value is -1.09. The van der Waals surface area contributed by atoms with E-state index in [2.05, 4.69) is 5.32 Å². The second-order valence-corrected chi connectivity index (χ2v) is 11.8. The SMILES string of the molecule is CC(=O)NC1[C@H](O[C@@H]2C(CO)O[C@@H](O[C@@H]3C(CO)O[C@@H](C)C(N)[C@H]3O)C(N(C)CC(C)N)[C@H]2O)OC(CO)[C@H](C)[C@@H]1O. The smallest absolute Gasteiger partial charge is 0.217 e. The molecule has 0 aromatic heterocycles. The number of amides is 1. The summed E-state index contributed by atoms with van der Waals surface area (Å²) in [7, 11) is 1.67. The zero-order valence-corrected chi connectivity index (χ0v) is 24.8. The van der Waals surface area contributed by atoms with Crippen LogP contribution in [0, 0.1) is 5.92 Å². The summed E-state index contributed by atoms with van der Waals surface area (Å²) in [6, 6.07) is -3.23. The third-order valence-electron chi connectivity index (χ3n) is 8.34. The maximum atomic E-state index is 11.9. The predicted octanol–water partition coefficient (Wildman–Crippen LogP) is -4.83. The van der Waals surface area contributed by atoms with Gasteiger partial charge in [0.25, 0.3) is 0 Å². The molecule has 0 bridgehead atoms. The van der Waals surface area contributed by atoms with E-state index < -0.39 is 117 Å². The van der Waals surface area contributed by atoms with Crippen LogP contribution in [0.15, 0.2) is 0 Å². The number of hydrogen-bond donors (Lipinski definition) is 9. The minimum atomic E-state index is -1.43. The Bertz CT molecular complexity index is 858. The molecule has 0 spiro atoms. The summed E-state index contributed by atoms with van der Waals surface area (Å²) in [6.07, 6.45) is -12.5. The molecular weight excluding hydrogens is 560 g/mol. The van der Waals surface area contributed by atoms with Crippen molar-refractivity contribution >= 4 is 5.91 Å². The second kappa shape index (κ2) is 15.3. The molecule has 3 aliphatic heterocycles. The molecule has 3 rings (SSSR count). The van der Waals surface area contributed by atoms with Gasteiger partial charge in [-0.25, -0.2) is 0 Å². The number of rotatable bonds is 11. The maximum absolute atomic E-state index is 11.9. The lowest BCUT2D eigenvalue weighted by atomic mass is 9.89. The van der Waals surface area contributed by atoms with Crippen molar-refractivity contribution in [2.24, 2.45) is 17.4 Å². The highest BCUT2D eigenvalue weighted by atomic mass is 16.7. The van der Waals surface area contributed by atoms with Gasteiger partial charge in [0.15, 0.2) is 12.6 Å². The first-order chi connectivity index (χ1) is 19.7. The third-order valence-corrected chi connectivity index (χ3v) is 8.34. The molecule has 0 aromatic carbocycles. The van der Waals surface area contributed by atoms with Crippen molar-refractivity contribution in [1.29, 1.82) is 0 Å². The quantitative estimate of drug-likeness (QED) is 0.106. The zero-order valence-electron chi connectivity index (χ0n) is 24.8. The number of likely N-dealkylation sites (N-methyl/N-ethyl adjacent to an activating group) is 1. The van der Waals surface area contributed by atoms with Crippen LogP contribution in [0.3, 0.4) is 0 Å². The van der Waals surface area contributed by atoms with E-state index in [1.807, 2.05) is 0 Å². The second-order valence-electron chi connectivity index (χ2n) is 11.8. The minimum absolute atomic E-state index is 0.266. The molecule has 16 nitrogen and oxygen atoms in total. The lowest BCUT2D eigenvalue weighted by Crippen LogP contribution is -2.70. The third kappa shape index (κ3) is 7.76. The Morgan fingerprint density at radius 3 is 1.98 bits per heavy atom. The molecule has 16 heteroatoms. The normalized spacial score (nSPS) is 45.5. The Kier molecular flexibility index (Phi) is 12.9. The topological polar surface area (TPSA) is 252 Å². The molecule has 0 radical (unpaired) electrons. The number of carbonyl (C=O) groups is 1. The average molecular weight is 611 g/mol. The molecular formula is C26H50N4O12. The summed E-state index contributed by atoms with van der Waals surface area (Å²) < 4.78 is 30.0. The molecule has 11 N–H and O–H groups in total. The van der Waals surface area contributed by atoms with Gasteiger partial charge in [-0.1, -0.05) is 6.92 Å². The van der Waals surface area contributed by atoms with Crippen molar-refractivity contribution in [3.05, 3.63) is 0 Å². The zero-order chi connectivity index (χ0) is 31.5. The molecule has 3 heterocycles.